The number of hydrogen-bond acceptors (Lipinski definition) is 2. The van der Waals surface area contributed by atoms with E-state index < -0.39 is 11.7 Å². The van der Waals surface area contributed by atoms with Crippen molar-refractivity contribution >= 4 is 5.91 Å². The Labute approximate surface area is 127 Å². The molecule has 0 spiro atoms. The molecular weight excluding hydrogens is 293 g/mol. The number of benzene rings is 1. The first kappa shape index (κ1) is 15.3. The third kappa shape index (κ3) is 2.84. The summed E-state index contributed by atoms with van der Waals surface area (Å²) in [5, 5.41) is 2.81. The lowest BCUT2D eigenvalue weighted by atomic mass is 9.84. The second-order valence-corrected chi connectivity index (χ2v) is 6.35. The van der Waals surface area contributed by atoms with Gasteiger partial charge in [-0.15, -0.1) is 0 Å². The summed E-state index contributed by atoms with van der Waals surface area (Å²) in [6.45, 7) is 0.234. The van der Waals surface area contributed by atoms with Crippen LogP contribution in [0.1, 0.15) is 30.4 Å². The van der Waals surface area contributed by atoms with Crippen LogP contribution < -0.4 is 11.1 Å². The van der Waals surface area contributed by atoms with Crippen LogP contribution in [0.5, 0.6) is 0 Å². The van der Waals surface area contributed by atoms with Crippen LogP contribution >= 0.6 is 0 Å². The molecular formula is C16H19F3N2O. The number of amides is 1. The number of carbonyl (C=O) groups is 1. The summed E-state index contributed by atoms with van der Waals surface area (Å²) in [4.78, 5) is 12.3. The van der Waals surface area contributed by atoms with Gasteiger partial charge in [-0.3, -0.25) is 4.79 Å². The SMILES string of the molecule is NC1C2CCC(C2)C1C(=O)NCc1ccc(C(F)(F)F)cc1. The van der Waals surface area contributed by atoms with E-state index in [9.17, 15) is 18.0 Å². The Morgan fingerprint density at radius 3 is 2.36 bits per heavy atom. The average molecular weight is 312 g/mol. The van der Waals surface area contributed by atoms with Crippen LogP contribution in [0.25, 0.3) is 0 Å². The molecule has 1 amide bonds. The number of halogens is 3. The molecule has 2 aliphatic carbocycles. The molecule has 2 fully saturated rings. The molecule has 1 aromatic rings. The number of nitrogens with one attached hydrogen (secondary N) is 1. The maximum atomic E-state index is 12.5. The molecule has 0 aromatic heterocycles. The Hall–Kier alpha value is -1.56. The van der Waals surface area contributed by atoms with Gasteiger partial charge in [0, 0.05) is 12.6 Å². The van der Waals surface area contributed by atoms with Crippen LogP contribution in [-0.2, 0) is 17.5 Å². The predicted octanol–water partition coefficient (Wildman–Crippen LogP) is 2.70. The van der Waals surface area contributed by atoms with E-state index in [-0.39, 0.29) is 24.4 Å². The highest BCUT2D eigenvalue weighted by molar-refractivity contribution is 5.80. The zero-order chi connectivity index (χ0) is 15.9. The zero-order valence-electron chi connectivity index (χ0n) is 12.1. The molecule has 2 saturated carbocycles. The van der Waals surface area contributed by atoms with Crippen molar-refractivity contribution in [3.8, 4) is 0 Å². The topological polar surface area (TPSA) is 55.1 Å². The fourth-order valence-electron chi connectivity index (χ4n) is 3.84. The van der Waals surface area contributed by atoms with Crippen LogP contribution in [0.2, 0.25) is 0 Å². The molecule has 3 rings (SSSR count). The fourth-order valence-corrected chi connectivity index (χ4v) is 3.84. The molecule has 4 atom stereocenters. The van der Waals surface area contributed by atoms with E-state index in [1.807, 2.05) is 0 Å². The fraction of sp³-hybridized carbons (Fsp3) is 0.562. The summed E-state index contributed by atoms with van der Waals surface area (Å²) in [6.07, 6.45) is -1.15. The molecule has 120 valence electrons. The van der Waals surface area contributed by atoms with Crippen molar-refractivity contribution in [2.45, 2.75) is 38.0 Å². The van der Waals surface area contributed by atoms with Crippen molar-refractivity contribution in [1.29, 1.82) is 0 Å². The molecule has 22 heavy (non-hydrogen) atoms. The lowest BCUT2D eigenvalue weighted by Crippen LogP contribution is -2.45. The summed E-state index contributed by atoms with van der Waals surface area (Å²) < 4.78 is 37.5. The predicted molar refractivity (Wildman–Crippen MR) is 75.6 cm³/mol. The minimum Gasteiger partial charge on any atom is -0.352 e. The van der Waals surface area contributed by atoms with E-state index >= 15 is 0 Å². The van der Waals surface area contributed by atoms with Gasteiger partial charge in [-0.2, -0.15) is 13.2 Å². The van der Waals surface area contributed by atoms with Crippen molar-refractivity contribution in [3.05, 3.63) is 35.4 Å². The monoisotopic (exact) mass is 312 g/mol. The van der Waals surface area contributed by atoms with Crippen molar-refractivity contribution in [2.24, 2.45) is 23.5 Å². The van der Waals surface area contributed by atoms with Gasteiger partial charge in [0.1, 0.15) is 0 Å². The van der Waals surface area contributed by atoms with E-state index in [4.69, 9.17) is 5.73 Å². The van der Waals surface area contributed by atoms with Gasteiger partial charge < -0.3 is 11.1 Å². The van der Waals surface area contributed by atoms with Crippen LogP contribution in [-0.4, -0.2) is 11.9 Å². The van der Waals surface area contributed by atoms with Gasteiger partial charge in [0.15, 0.2) is 0 Å². The highest BCUT2D eigenvalue weighted by Gasteiger charge is 2.48. The van der Waals surface area contributed by atoms with Gasteiger partial charge in [0.05, 0.1) is 11.5 Å². The Bertz CT molecular complexity index is 554. The second kappa shape index (κ2) is 5.57. The Kier molecular flexibility index (Phi) is 3.89. The highest BCUT2D eigenvalue weighted by atomic mass is 19.4. The number of hydrogen-bond donors (Lipinski definition) is 2. The molecule has 3 nitrogen and oxygen atoms in total. The van der Waals surface area contributed by atoms with Gasteiger partial charge in [0.25, 0.3) is 0 Å². The average Bonchev–Trinajstić information content (AvgIpc) is 3.05. The van der Waals surface area contributed by atoms with Gasteiger partial charge in [-0.05, 0) is 48.8 Å². The maximum absolute atomic E-state index is 12.5. The summed E-state index contributed by atoms with van der Waals surface area (Å²) in [5.74, 6) is 0.604. The third-order valence-corrected chi connectivity index (χ3v) is 5.03. The normalized spacial score (nSPS) is 30.5. The van der Waals surface area contributed by atoms with Crippen molar-refractivity contribution < 1.29 is 18.0 Å². The zero-order valence-corrected chi connectivity index (χ0v) is 12.1. The first-order chi connectivity index (χ1) is 10.4. The number of rotatable bonds is 3. The Morgan fingerprint density at radius 1 is 1.18 bits per heavy atom. The van der Waals surface area contributed by atoms with Crippen LogP contribution in [0, 0.1) is 17.8 Å². The smallest absolute Gasteiger partial charge is 0.352 e. The van der Waals surface area contributed by atoms with Crippen molar-refractivity contribution in [3.63, 3.8) is 0 Å². The Balaban J connectivity index is 1.57. The van der Waals surface area contributed by atoms with Crippen molar-refractivity contribution in [1.82, 2.24) is 5.32 Å². The van der Waals surface area contributed by atoms with E-state index in [2.05, 4.69) is 5.32 Å². The van der Waals surface area contributed by atoms with Gasteiger partial charge >= 0.3 is 6.18 Å². The summed E-state index contributed by atoms with van der Waals surface area (Å²) in [6, 6.07) is 4.77. The van der Waals surface area contributed by atoms with Crippen LogP contribution in [0.3, 0.4) is 0 Å². The lowest BCUT2D eigenvalue weighted by molar-refractivity contribution is -0.137. The number of alkyl halides is 3. The van der Waals surface area contributed by atoms with Crippen LogP contribution in [0.4, 0.5) is 13.2 Å². The molecule has 0 aliphatic heterocycles. The van der Waals surface area contributed by atoms with Gasteiger partial charge in [-0.1, -0.05) is 12.1 Å². The third-order valence-electron chi connectivity index (χ3n) is 5.03. The maximum Gasteiger partial charge on any atom is 0.416 e. The number of fused-ring (bicyclic) bond motifs is 2. The molecule has 2 bridgehead atoms. The van der Waals surface area contributed by atoms with Crippen LogP contribution in [0.15, 0.2) is 24.3 Å². The highest BCUT2D eigenvalue weighted by Crippen LogP contribution is 2.47. The number of nitrogens with two attached hydrogens (primary N) is 1. The Morgan fingerprint density at radius 2 is 1.82 bits per heavy atom. The van der Waals surface area contributed by atoms with E-state index in [0.29, 0.717) is 17.4 Å². The quantitative estimate of drug-likeness (QED) is 0.901. The number of carbonyl (C=O) groups excluding carboxylic acids is 1. The summed E-state index contributed by atoms with van der Waals surface area (Å²) in [5.41, 5.74) is 6.08. The summed E-state index contributed by atoms with van der Waals surface area (Å²) >= 11 is 0. The molecule has 6 heteroatoms. The molecule has 0 radical (unpaired) electrons. The largest absolute Gasteiger partial charge is 0.416 e. The van der Waals surface area contributed by atoms with E-state index in [1.165, 1.54) is 12.1 Å². The molecule has 2 aliphatic rings. The van der Waals surface area contributed by atoms with Crippen molar-refractivity contribution in [2.75, 3.05) is 0 Å². The minimum atomic E-state index is -4.34. The van der Waals surface area contributed by atoms with Gasteiger partial charge in [0.2, 0.25) is 5.91 Å². The molecule has 0 saturated heterocycles. The first-order valence-electron chi connectivity index (χ1n) is 7.55. The van der Waals surface area contributed by atoms with E-state index in [0.717, 1.165) is 31.4 Å². The standard InChI is InChI=1S/C16H19F3N2O/c17-16(18,19)12-5-1-9(2-6-12)8-21-15(22)13-10-3-4-11(7-10)14(13)20/h1-2,5-6,10-11,13-14H,3-4,7-8,20H2,(H,21,22). The lowest BCUT2D eigenvalue weighted by Gasteiger charge is -2.27. The molecule has 4 unspecified atom stereocenters. The summed E-state index contributed by atoms with van der Waals surface area (Å²) in [7, 11) is 0. The first-order valence-corrected chi connectivity index (χ1v) is 7.55. The molecule has 0 heterocycles. The second-order valence-electron chi connectivity index (χ2n) is 6.35. The van der Waals surface area contributed by atoms with Gasteiger partial charge in [-0.25, -0.2) is 0 Å². The molecule has 3 N–H and O–H groups in total. The minimum absolute atomic E-state index is 0.0698. The van der Waals surface area contributed by atoms with E-state index in [1.54, 1.807) is 0 Å². The molecule has 1 aromatic carbocycles.